The first kappa shape index (κ1) is 19.1. The lowest BCUT2D eigenvalue weighted by atomic mass is 9.87. The standard InChI is InChI=1S/C20H18ClN3O5/c1-2-20(12-6-4-3-5-7-12)18(26)24(19(27)23-20)10-17(25)22-14-9-16-15(8-13(14)21)28-11-29-16/h3-9H,2,10-11H2,1H3,(H,22,25)(H,23,27). The van der Waals surface area contributed by atoms with Crippen molar-refractivity contribution in [3.63, 3.8) is 0 Å². The molecule has 4 amide bonds. The number of nitrogens with one attached hydrogen (secondary N) is 2. The molecule has 2 aliphatic heterocycles. The Morgan fingerprint density at radius 1 is 1.21 bits per heavy atom. The SMILES string of the molecule is CCC1(c2ccccc2)NC(=O)N(CC(=O)Nc2cc3c(cc2Cl)OCO3)C1=O. The van der Waals surface area contributed by atoms with Crippen LogP contribution in [0.1, 0.15) is 18.9 Å². The summed E-state index contributed by atoms with van der Waals surface area (Å²) in [5, 5.41) is 5.61. The van der Waals surface area contributed by atoms with Gasteiger partial charge < -0.3 is 20.1 Å². The number of rotatable bonds is 5. The zero-order valence-electron chi connectivity index (χ0n) is 15.5. The Morgan fingerprint density at radius 2 is 1.90 bits per heavy atom. The number of carbonyl (C=O) groups is 3. The van der Waals surface area contributed by atoms with Gasteiger partial charge >= 0.3 is 6.03 Å². The average Bonchev–Trinajstić information content (AvgIpc) is 3.26. The second kappa shape index (κ2) is 7.29. The van der Waals surface area contributed by atoms with Crippen LogP contribution in [0.2, 0.25) is 5.02 Å². The topological polar surface area (TPSA) is 97.0 Å². The van der Waals surface area contributed by atoms with E-state index in [-0.39, 0.29) is 11.8 Å². The van der Waals surface area contributed by atoms with Crippen LogP contribution < -0.4 is 20.1 Å². The van der Waals surface area contributed by atoms with Crippen molar-refractivity contribution in [2.24, 2.45) is 0 Å². The first-order valence-corrected chi connectivity index (χ1v) is 9.41. The van der Waals surface area contributed by atoms with Crippen molar-refractivity contribution in [1.29, 1.82) is 0 Å². The largest absolute Gasteiger partial charge is 0.454 e. The summed E-state index contributed by atoms with van der Waals surface area (Å²) in [6, 6.07) is 11.4. The lowest BCUT2D eigenvalue weighted by molar-refractivity contribution is -0.134. The van der Waals surface area contributed by atoms with E-state index in [2.05, 4.69) is 10.6 Å². The third kappa shape index (κ3) is 3.25. The summed E-state index contributed by atoms with van der Waals surface area (Å²) in [7, 11) is 0. The molecule has 1 atom stereocenters. The molecule has 2 aromatic rings. The van der Waals surface area contributed by atoms with E-state index in [0.29, 0.717) is 29.2 Å². The number of hydrogen-bond acceptors (Lipinski definition) is 5. The van der Waals surface area contributed by atoms with Gasteiger partial charge in [-0.25, -0.2) is 4.79 Å². The number of hydrogen-bond donors (Lipinski definition) is 2. The maximum atomic E-state index is 13.1. The molecule has 0 aromatic heterocycles. The molecular formula is C20H18ClN3O5. The van der Waals surface area contributed by atoms with E-state index in [0.717, 1.165) is 4.90 Å². The summed E-state index contributed by atoms with van der Waals surface area (Å²) in [6.45, 7) is 1.44. The number of ether oxygens (including phenoxy) is 2. The highest BCUT2D eigenvalue weighted by Gasteiger charge is 2.51. The van der Waals surface area contributed by atoms with Gasteiger partial charge in [-0.2, -0.15) is 0 Å². The molecule has 2 heterocycles. The summed E-state index contributed by atoms with van der Waals surface area (Å²) < 4.78 is 10.5. The first-order valence-electron chi connectivity index (χ1n) is 9.03. The summed E-state index contributed by atoms with van der Waals surface area (Å²) in [6.07, 6.45) is 0.355. The van der Waals surface area contributed by atoms with Gasteiger partial charge in [-0.05, 0) is 12.0 Å². The van der Waals surface area contributed by atoms with Crippen LogP contribution in [0.5, 0.6) is 11.5 Å². The normalized spacial score (nSPS) is 20.0. The predicted octanol–water partition coefficient (Wildman–Crippen LogP) is 2.86. The van der Waals surface area contributed by atoms with Crippen LogP contribution in [0.4, 0.5) is 10.5 Å². The highest BCUT2D eigenvalue weighted by molar-refractivity contribution is 6.34. The maximum absolute atomic E-state index is 13.1. The number of halogens is 1. The predicted molar refractivity (Wildman–Crippen MR) is 105 cm³/mol. The number of fused-ring (bicyclic) bond motifs is 1. The molecule has 8 nitrogen and oxygen atoms in total. The lowest BCUT2D eigenvalue weighted by Gasteiger charge is -2.25. The van der Waals surface area contributed by atoms with E-state index in [1.54, 1.807) is 31.2 Å². The third-order valence-corrected chi connectivity index (χ3v) is 5.32. The van der Waals surface area contributed by atoms with Crippen molar-refractivity contribution in [3.05, 3.63) is 53.1 Å². The van der Waals surface area contributed by atoms with Gasteiger partial charge in [0.2, 0.25) is 12.7 Å². The maximum Gasteiger partial charge on any atom is 0.325 e. The van der Waals surface area contributed by atoms with E-state index < -0.39 is 29.9 Å². The molecular weight excluding hydrogens is 398 g/mol. The van der Waals surface area contributed by atoms with Gasteiger partial charge in [-0.15, -0.1) is 0 Å². The average molecular weight is 416 g/mol. The van der Waals surface area contributed by atoms with Crippen molar-refractivity contribution >= 4 is 35.1 Å². The summed E-state index contributed by atoms with van der Waals surface area (Å²) >= 11 is 6.16. The van der Waals surface area contributed by atoms with Crippen LogP contribution in [0.15, 0.2) is 42.5 Å². The van der Waals surface area contributed by atoms with Gasteiger partial charge in [0.25, 0.3) is 5.91 Å². The Balaban J connectivity index is 1.52. The molecule has 29 heavy (non-hydrogen) atoms. The number of urea groups is 1. The van der Waals surface area contributed by atoms with Gasteiger partial charge in [-0.3, -0.25) is 14.5 Å². The molecule has 2 N–H and O–H groups in total. The molecule has 0 bridgehead atoms. The van der Waals surface area contributed by atoms with Crippen LogP contribution in [-0.2, 0) is 15.1 Å². The number of carbonyl (C=O) groups excluding carboxylic acids is 3. The molecule has 9 heteroatoms. The van der Waals surface area contributed by atoms with E-state index >= 15 is 0 Å². The Morgan fingerprint density at radius 3 is 2.59 bits per heavy atom. The smallest absolute Gasteiger partial charge is 0.325 e. The zero-order chi connectivity index (χ0) is 20.6. The fraction of sp³-hybridized carbons (Fsp3) is 0.250. The van der Waals surface area contributed by atoms with E-state index in [1.807, 2.05) is 6.07 Å². The van der Waals surface area contributed by atoms with Crippen LogP contribution in [0.25, 0.3) is 0 Å². The van der Waals surface area contributed by atoms with E-state index in [4.69, 9.17) is 21.1 Å². The van der Waals surface area contributed by atoms with Crippen molar-refractivity contribution in [2.45, 2.75) is 18.9 Å². The third-order valence-electron chi connectivity index (χ3n) is 5.01. The Bertz CT molecular complexity index is 997. The van der Waals surface area contributed by atoms with Crippen LogP contribution >= 0.6 is 11.6 Å². The van der Waals surface area contributed by atoms with Crippen LogP contribution in [-0.4, -0.2) is 36.1 Å². The molecule has 0 saturated carbocycles. The number of imide groups is 1. The molecule has 4 rings (SSSR count). The zero-order valence-corrected chi connectivity index (χ0v) is 16.3. The number of amides is 4. The molecule has 150 valence electrons. The Labute approximate surface area is 171 Å². The van der Waals surface area contributed by atoms with Crippen molar-refractivity contribution in [2.75, 3.05) is 18.7 Å². The molecule has 2 aliphatic rings. The number of anilines is 1. The molecule has 0 spiro atoms. The highest BCUT2D eigenvalue weighted by atomic mass is 35.5. The van der Waals surface area contributed by atoms with Crippen LogP contribution in [0, 0.1) is 0 Å². The highest BCUT2D eigenvalue weighted by Crippen LogP contribution is 2.39. The Kier molecular flexibility index (Phi) is 4.79. The first-order chi connectivity index (χ1) is 13.9. The van der Waals surface area contributed by atoms with Gasteiger partial charge in [0.15, 0.2) is 11.5 Å². The van der Waals surface area contributed by atoms with Gasteiger partial charge in [0, 0.05) is 12.1 Å². The Hall–Kier alpha value is -3.26. The minimum Gasteiger partial charge on any atom is -0.454 e. The fourth-order valence-electron chi connectivity index (χ4n) is 3.48. The molecule has 1 saturated heterocycles. The minimum atomic E-state index is -1.19. The number of nitrogens with zero attached hydrogens (tertiary/aromatic N) is 1. The second-order valence-electron chi connectivity index (χ2n) is 6.68. The van der Waals surface area contributed by atoms with Crippen molar-refractivity contribution in [1.82, 2.24) is 10.2 Å². The molecule has 1 fully saturated rings. The van der Waals surface area contributed by atoms with Gasteiger partial charge in [0.05, 0.1) is 10.7 Å². The minimum absolute atomic E-state index is 0.0735. The monoisotopic (exact) mass is 415 g/mol. The molecule has 1 unspecified atom stereocenters. The van der Waals surface area contributed by atoms with Crippen molar-refractivity contribution < 1.29 is 23.9 Å². The summed E-state index contributed by atoms with van der Waals surface area (Å²) in [4.78, 5) is 39.0. The van der Waals surface area contributed by atoms with Crippen LogP contribution in [0.3, 0.4) is 0 Å². The fourth-order valence-corrected chi connectivity index (χ4v) is 3.68. The van der Waals surface area contributed by atoms with Crippen molar-refractivity contribution in [3.8, 4) is 11.5 Å². The summed E-state index contributed by atoms with van der Waals surface area (Å²) in [5.41, 5.74) is -0.213. The molecule has 2 aromatic carbocycles. The number of benzene rings is 2. The van der Waals surface area contributed by atoms with Gasteiger partial charge in [-0.1, -0.05) is 48.9 Å². The van der Waals surface area contributed by atoms with Gasteiger partial charge in [0.1, 0.15) is 12.1 Å². The lowest BCUT2D eigenvalue weighted by Crippen LogP contribution is -2.44. The molecule has 0 radical (unpaired) electrons. The van der Waals surface area contributed by atoms with E-state index in [1.165, 1.54) is 12.1 Å². The summed E-state index contributed by atoms with van der Waals surface area (Å²) in [5.74, 6) is -0.0937. The van der Waals surface area contributed by atoms with E-state index in [9.17, 15) is 14.4 Å². The molecule has 0 aliphatic carbocycles. The quantitative estimate of drug-likeness (QED) is 0.732. The second-order valence-corrected chi connectivity index (χ2v) is 7.09.